The van der Waals surface area contributed by atoms with Crippen molar-refractivity contribution < 1.29 is 8.42 Å². The van der Waals surface area contributed by atoms with Gasteiger partial charge in [-0.25, -0.2) is 13.4 Å². The number of nitrogens with one attached hydrogen (secondary N) is 1. The van der Waals surface area contributed by atoms with Crippen molar-refractivity contribution in [2.45, 2.75) is 12.7 Å². The molecule has 2 rings (SSSR count). The van der Waals surface area contributed by atoms with Crippen LogP contribution in [0, 0.1) is 6.92 Å². The maximum atomic E-state index is 12.5. The lowest BCUT2D eigenvalue weighted by molar-refractivity contribution is 0.600. The van der Waals surface area contributed by atoms with E-state index in [9.17, 15) is 8.42 Å². The highest BCUT2D eigenvalue weighted by atomic mass is 32.2. The summed E-state index contributed by atoms with van der Waals surface area (Å²) in [6, 6.07) is 7.43. The molecule has 2 aromatic rings. The maximum Gasteiger partial charge on any atom is 0.237 e. The molecule has 0 saturated carbocycles. The third-order valence-electron chi connectivity index (χ3n) is 3.28. The summed E-state index contributed by atoms with van der Waals surface area (Å²) in [6.07, 6.45) is 1.49. The average Bonchev–Trinajstić information content (AvgIpc) is 2.46. The summed E-state index contributed by atoms with van der Waals surface area (Å²) >= 11 is 0. The molecular weight excluding hydrogens is 326 g/mol. The molecule has 24 heavy (non-hydrogen) atoms. The Morgan fingerprint density at radius 2 is 1.83 bits per heavy atom. The Kier molecular flexibility index (Phi) is 5.28. The molecule has 8 heteroatoms. The van der Waals surface area contributed by atoms with Crippen LogP contribution in [-0.4, -0.2) is 46.6 Å². The second-order valence-electron chi connectivity index (χ2n) is 6.05. The van der Waals surface area contributed by atoms with Crippen LogP contribution in [0.2, 0.25) is 0 Å². The highest BCUT2D eigenvalue weighted by molar-refractivity contribution is 7.91. The van der Waals surface area contributed by atoms with E-state index in [2.05, 4.69) is 14.7 Å². The predicted octanol–water partition coefficient (Wildman–Crippen LogP) is 1.86. The van der Waals surface area contributed by atoms with Gasteiger partial charge < -0.3 is 9.80 Å². The Hall–Kier alpha value is -2.35. The van der Waals surface area contributed by atoms with Gasteiger partial charge in [0.05, 0.1) is 11.9 Å². The van der Waals surface area contributed by atoms with Gasteiger partial charge in [0, 0.05) is 28.2 Å². The third kappa shape index (κ3) is 4.58. The summed E-state index contributed by atoms with van der Waals surface area (Å²) in [5.74, 6) is 0.929. The number of anilines is 3. The van der Waals surface area contributed by atoms with Crippen LogP contribution in [0.4, 0.5) is 17.5 Å². The first-order valence-electron chi connectivity index (χ1n) is 7.45. The van der Waals surface area contributed by atoms with E-state index in [-0.39, 0.29) is 5.75 Å². The third-order valence-corrected chi connectivity index (χ3v) is 4.53. The largest absolute Gasteiger partial charge is 0.361 e. The molecule has 7 nitrogen and oxygen atoms in total. The van der Waals surface area contributed by atoms with Gasteiger partial charge in [0.2, 0.25) is 16.0 Å². The first-order chi connectivity index (χ1) is 11.2. The molecule has 0 spiro atoms. The SMILES string of the molecule is Cc1cccc(CS(=O)(=O)Nc2cnc(N(C)C)nc2N(C)C)c1. The number of hydrogen-bond acceptors (Lipinski definition) is 6. The number of aromatic nitrogens is 2. The highest BCUT2D eigenvalue weighted by Gasteiger charge is 2.17. The molecule has 1 N–H and O–H groups in total. The number of nitrogens with zero attached hydrogens (tertiary/aromatic N) is 4. The highest BCUT2D eigenvalue weighted by Crippen LogP contribution is 2.24. The van der Waals surface area contributed by atoms with E-state index in [1.54, 1.807) is 30.0 Å². The van der Waals surface area contributed by atoms with Crippen molar-refractivity contribution in [3.8, 4) is 0 Å². The zero-order chi connectivity index (χ0) is 17.9. The molecule has 0 aliphatic carbocycles. The van der Waals surface area contributed by atoms with E-state index < -0.39 is 10.0 Å². The van der Waals surface area contributed by atoms with Gasteiger partial charge in [-0.05, 0) is 12.5 Å². The van der Waals surface area contributed by atoms with E-state index >= 15 is 0 Å². The molecule has 0 radical (unpaired) electrons. The molecule has 1 heterocycles. The van der Waals surface area contributed by atoms with Crippen LogP contribution < -0.4 is 14.5 Å². The van der Waals surface area contributed by atoms with Gasteiger partial charge in [-0.1, -0.05) is 29.8 Å². The molecule has 0 aliphatic rings. The van der Waals surface area contributed by atoms with Crippen LogP contribution in [0.15, 0.2) is 30.5 Å². The molecule has 0 saturated heterocycles. The molecule has 0 bridgehead atoms. The van der Waals surface area contributed by atoms with Crippen LogP contribution >= 0.6 is 0 Å². The number of benzene rings is 1. The number of rotatable bonds is 6. The van der Waals surface area contributed by atoms with Crippen molar-refractivity contribution in [1.82, 2.24) is 9.97 Å². The zero-order valence-electron chi connectivity index (χ0n) is 14.6. The van der Waals surface area contributed by atoms with Gasteiger partial charge in [0.25, 0.3) is 0 Å². The second kappa shape index (κ2) is 7.04. The van der Waals surface area contributed by atoms with Crippen molar-refractivity contribution in [1.29, 1.82) is 0 Å². The molecule has 0 unspecified atom stereocenters. The normalized spacial score (nSPS) is 11.2. The van der Waals surface area contributed by atoms with Crippen LogP contribution in [0.25, 0.3) is 0 Å². The number of hydrogen-bond donors (Lipinski definition) is 1. The monoisotopic (exact) mass is 349 g/mol. The summed E-state index contributed by atoms with van der Waals surface area (Å²) in [6.45, 7) is 1.93. The van der Waals surface area contributed by atoms with Crippen molar-refractivity contribution in [3.63, 3.8) is 0 Å². The standard InChI is InChI=1S/C16H23N5O2S/c1-12-7-6-8-13(9-12)11-24(22,23)19-14-10-17-16(21(4)5)18-15(14)20(2)3/h6-10,19H,11H2,1-5H3. The van der Waals surface area contributed by atoms with Crippen molar-refractivity contribution in [2.24, 2.45) is 0 Å². The maximum absolute atomic E-state index is 12.5. The Morgan fingerprint density at radius 1 is 1.12 bits per heavy atom. The first kappa shape index (κ1) is 18.0. The summed E-state index contributed by atoms with van der Waals surface area (Å²) < 4.78 is 27.5. The van der Waals surface area contributed by atoms with Crippen molar-refractivity contribution in [3.05, 3.63) is 41.6 Å². The average molecular weight is 349 g/mol. The van der Waals surface area contributed by atoms with Gasteiger partial charge >= 0.3 is 0 Å². The van der Waals surface area contributed by atoms with E-state index in [0.717, 1.165) is 11.1 Å². The molecule has 0 fully saturated rings. The molecular formula is C16H23N5O2S. The van der Waals surface area contributed by atoms with Crippen LogP contribution in [0.1, 0.15) is 11.1 Å². The van der Waals surface area contributed by atoms with E-state index in [4.69, 9.17) is 0 Å². The van der Waals surface area contributed by atoms with Crippen molar-refractivity contribution >= 4 is 27.5 Å². The fourth-order valence-electron chi connectivity index (χ4n) is 2.22. The second-order valence-corrected chi connectivity index (χ2v) is 7.77. The van der Waals surface area contributed by atoms with E-state index in [1.807, 2.05) is 39.2 Å². The lowest BCUT2D eigenvalue weighted by atomic mass is 10.2. The molecule has 0 atom stereocenters. The lowest BCUT2D eigenvalue weighted by Crippen LogP contribution is -2.21. The summed E-state index contributed by atoms with van der Waals surface area (Å²) in [5.41, 5.74) is 2.12. The van der Waals surface area contributed by atoms with Crippen LogP contribution in [-0.2, 0) is 15.8 Å². The minimum atomic E-state index is -3.56. The Labute approximate surface area is 143 Å². The van der Waals surface area contributed by atoms with Gasteiger partial charge in [-0.2, -0.15) is 4.98 Å². The Morgan fingerprint density at radius 3 is 2.42 bits per heavy atom. The number of sulfonamides is 1. The first-order valence-corrected chi connectivity index (χ1v) is 9.11. The quantitative estimate of drug-likeness (QED) is 0.858. The van der Waals surface area contributed by atoms with Gasteiger partial charge in [-0.15, -0.1) is 0 Å². The Bertz CT molecular complexity index is 819. The van der Waals surface area contributed by atoms with Gasteiger partial charge in [0.15, 0.2) is 5.82 Å². The fraction of sp³-hybridized carbons (Fsp3) is 0.375. The van der Waals surface area contributed by atoms with E-state index in [1.165, 1.54) is 6.20 Å². The summed E-state index contributed by atoms with van der Waals surface area (Å²) in [7, 11) is 3.71. The topological polar surface area (TPSA) is 78.4 Å². The molecule has 0 amide bonds. The minimum absolute atomic E-state index is 0.100. The predicted molar refractivity (Wildman–Crippen MR) is 98.1 cm³/mol. The van der Waals surface area contributed by atoms with Gasteiger partial charge in [0.1, 0.15) is 5.69 Å². The Balaban J connectivity index is 2.28. The van der Waals surface area contributed by atoms with Crippen molar-refractivity contribution in [2.75, 3.05) is 42.7 Å². The smallest absolute Gasteiger partial charge is 0.237 e. The van der Waals surface area contributed by atoms with Crippen LogP contribution in [0.5, 0.6) is 0 Å². The van der Waals surface area contributed by atoms with E-state index in [0.29, 0.717) is 17.5 Å². The summed E-state index contributed by atoms with van der Waals surface area (Å²) in [4.78, 5) is 12.1. The zero-order valence-corrected chi connectivity index (χ0v) is 15.4. The minimum Gasteiger partial charge on any atom is -0.361 e. The molecule has 1 aromatic carbocycles. The molecule has 1 aromatic heterocycles. The van der Waals surface area contributed by atoms with Gasteiger partial charge in [-0.3, -0.25) is 4.72 Å². The number of aryl methyl sites for hydroxylation is 1. The molecule has 130 valence electrons. The van der Waals surface area contributed by atoms with Crippen LogP contribution in [0.3, 0.4) is 0 Å². The molecule has 0 aliphatic heterocycles. The fourth-order valence-corrected chi connectivity index (χ4v) is 3.39. The summed E-state index contributed by atoms with van der Waals surface area (Å²) in [5, 5.41) is 0. The lowest BCUT2D eigenvalue weighted by Gasteiger charge is -2.19.